The van der Waals surface area contributed by atoms with E-state index in [0.717, 1.165) is 11.3 Å². The van der Waals surface area contributed by atoms with Crippen LogP contribution in [0.1, 0.15) is 12.5 Å². The van der Waals surface area contributed by atoms with Crippen molar-refractivity contribution in [2.24, 2.45) is 5.73 Å². The zero-order chi connectivity index (χ0) is 11.1. The predicted molar refractivity (Wildman–Crippen MR) is 64.3 cm³/mol. The molecular formula is C11H15NO2S. The lowest BCUT2D eigenvalue weighted by Crippen LogP contribution is -2.09. The van der Waals surface area contributed by atoms with Crippen molar-refractivity contribution in [3.05, 3.63) is 29.8 Å². The van der Waals surface area contributed by atoms with Crippen LogP contribution in [0.4, 0.5) is 0 Å². The van der Waals surface area contributed by atoms with E-state index in [4.69, 9.17) is 27.4 Å². The van der Waals surface area contributed by atoms with E-state index in [1.165, 1.54) is 0 Å². The maximum Gasteiger partial charge on any atom is 0.119 e. The highest BCUT2D eigenvalue weighted by atomic mass is 32.1. The first kappa shape index (κ1) is 11.9. The molecule has 1 rings (SSSR count). The van der Waals surface area contributed by atoms with Crippen molar-refractivity contribution in [2.75, 3.05) is 19.8 Å². The molecule has 0 radical (unpaired) electrons. The second-order valence-corrected chi connectivity index (χ2v) is 3.37. The van der Waals surface area contributed by atoms with Gasteiger partial charge >= 0.3 is 0 Å². The van der Waals surface area contributed by atoms with Crippen molar-refractivity contribution in [2.45, 2.75) is 6.92 Å². The van der Waals surface area contributed by atoms with Gasteiger partial charge in [-0.15, -0.1) is 0 Å². The Labute approximate surface area is 95.2 Å². The number of hydrogen-bond acceptors (Lipinski definition) is 3. The third-order valence-corrected chi connectivity index (χ3v) is 2.08. The third kappa shape index (κ3) is 4.27. The van der Waals surface area contributed by atoms with Crippen LogP contribution in [0.15, 0.2) is 24.3 Å². The van der Waals surface area contributed by atoms with Crippen LogP contribution < -0.4 is 10.5 Å². The van der Waals surface area contributed by atoms with Crippen molar-refractivity contribution in [1.29, 1.82) is 0 Å². The van der Waals surface area contributed by atoms with Gasteiger partial charge < -0.3 is 15.2 Å². The molecule has 1 aromatic rings. The summed E-state index contributed by atoms with van der Waals surface area (Å²) in [7, 11) is 0. The zero-order valence-electron chi connectivity index (χ0n) is 8.73. The van der Waals surface area contributed by atoms with Gasteiger partial charge in [-0.05, 0) is 31.2 Å². The summed E-state index contributed by atoms with van der Waals surface area (Å²) in [6, 6.07) is 7.39. The van der Waals surface area contributed by atoms with Crippen molar-refractivity contribution in [1.82, 2.24) is 0 Å². The molecule has 82 valence electrons. The molecule has 0 spiro atoms. The summed E-state index contributed by atoms with van der Waals surface area (Å²) >= 11 is 4.84. The first-order valence-corrected chi connectivity index (χ1v) is 5.25. The van der Waals surface area contributed by atoms with Gasteiger partial charge in [0.25, 0.3) is 0 Å². The fraction of sp³-hybridized carbons (Fsp3) is 0.364. The first-order chi connectivity index (χ1) is 7.24. The largest absolute Gasteiger partial charge is 0.491 e. The standard InChI is InChI=1S/C11H15NO2S/c1-2-13-7-8-14-10-5-3-9(4-6-10)11(12)15/h3-6H,2,7-8H2,1H3,(H2,12,15). The minimum atomic E-state index is 0.399. The summed E-state index contributed by atoms with van der Waals surface area (Å²) in [5.74, 6) is 0.801. The zero-order valence-corrected chi connectivity index (χ0v) is 9.55. The molecule has 15 heavy (non-hydrogen) atoms. The normalized spacial score (nSPS) is 9.93. The summed E-state index contributed by atoms with van der Waals surface area (Å²) in [6.07, 6.45) is 0. The SMILES string of the molecule is CCOCCOc1ccc(C(N)=S)cc1. The monoisotopic (exact) mass is 225 g/mol. The molecule has 4 heteroatoms. The van der Waals surface area contributed by atoms with Crippen LogP contribution in [0.5, 0.6) is 5.75 Å². The molecule has 0 aromatic heterocycles. The Hall–Kier alpha value is -1.13. The van der Waals surface area contributed by atoms with Crippen LogP contribution in [0.3, 0.4) is 0 Å². The molecule has 0 unspecified atom stereocenters. The summed E-state index contributed by atoms with van der Waals surface area (Å²) in [5.41, 5.74) is 6.32. The van der Waals surface area contributed by atoms with E-state index >= 15 is 0 Å². The van der Waals surface area contributed by atoms with Crippen LogP contribution in [0, 0.1) is 0 Å². The van der Waals surface area contributed by atoms with Gasteiger partial charge in [0.2, 0.25) is 0 Å². The number of ether oxygens (including phenoxy) is 2. The molecule has 0 saturated carbocycles. The Balaban J connectivity index is 2.39. The lowest BCUT2D eigenvalue weighted by atomic mass is 10.2. The van der Waals surface area contributed by atoms with Gasteiger partial charge in [-0.25, -0.2) is 0 Å². The summed E-state index contributed by atoms with van der Waals surface area (Å²) < 4.78 is 10.6. The van der Waals surface area contributed by atoms with Gasteiger partial charge in [-0.1, -0.05) is 12.2 Å². The minimum absolute atomic E-state index is 0.399. The molecule has 0 aliphatic heterocycles. The van der Waals surface area contributed by atoms with Gasteiger partial charge in [0.1, 0.15) is 17.3 Å². The fourth-order valence-electron chi connectivity index (χ4n) is 1.08. The predicted octanol–water partition coefficient (Wildman–Crippen LogP) is 1.74. The maximum absolute atomic E-state index is 5.47. The number of benzene rings is 1. The molecule has 0 aliphatic rings. The summed E-state index contributed by atoms with van der Waals surface area (Å²) in [6.45, 7) is 3.83. The Morgan fingerprint density at radius 2 is 1.93 bits per heavy atom. The molecule has 0 atom stereocenters. The van der Waals surface area contributed by atoms with Gasteiger partial charge in [0.15, 0.2) is 0 Å². The smallest absolute Gasteiger partial charge is 0.119 e. The lowest BCUT2D eigenvalue weighted by molar-refractivity contribution is 0.110. The molecule has 0 bridgehead atoms. The second-order valence-electron chi connectivity index (χ2n) is 2.93. The van der Waals surface area contributed by atoms with Gasteiger partial charge in [0, 0.05) is 12.2 Å². The van der Waals surface area contributed by atoms with E-state index in [1.807, 2.05) is 31.2 Å². The van der Waals surface area contributed by atoms with E-state index in [9.17, 15) is 0 Å². The van der Waals surface area contributed by atoms with Crippen LogP contribution in [0.2, 0.25) is 0 Å². The molecule has 2 N–H and O–H groups in total. The molecular weight excluding hydrogens is 210 g/mol. The van der Waals surface area contributed by atoms with Crippen LogP contribution in [0.25, 0.3) is 0 Å². The van der Waals surface area contributed by atoms with E-state index in [2.05, 4.69) is 0 Å². The average Bonchev–Trinajstić information content (AvgIpc) is 2.25. The van der Waals surface area contributed by atoms with Crippen molar-refractivity contribution < 1.29 is 9.47 Å². The summed E-state index contributed by atoms with van der Waals surface area (Å²) in [5, 5.41) is 0. The Morgan fingerprint density at radius 3 is 2.47 bits per heavy atom. The molecule has 0 heterocycles. The maximum atomic E-state index is 5.47. The van der Waals surface area contributed by atoms with Crippen molar-refractivity contribution in [3.63, 3.8) is 0 Å². The molecule has 0 saturated heterocycles. The van der Waals surface area contributed by atoms with Crippen molar-refractivity contribution in [3.8, 4) is 5.75 Å². The van der Waals surface area contributed by atoms with E-state index in [-0.39, 0.29) is 0 Å². The van der Waals surface area contributed by atoms with Gasteiger partial charge in [-0.2, -0.15) is 0 Å². The van der Waals surface area contributed by atoms with E-state index in [0.29, 0.717) is 24.8 Å². The highest BCUT2D eigenvalue weighted by molar-refractivity contribution is 7.80. The second kappa shape index (κ2) is 6.37. The minimum Gasteiger partial charge on any atom is -0.491 e. The Kier molecular flexibility index (Phi) is 5.07. The highest BCUT2D eigenvalue weighted by Gasteiger charge is 1.97. The number of thiocarbonyl (C=S) groups is 1. The topological polar surface area (TPSA) is 44.5 Å². The molecule has 0 amide bonds. The van der Waals surface area contributed by atoms with Crippen LogP contribution in [-0.4, -0.2) is 24.8 Å². The number of hydrogen-bond donors (Lipinski definition) is 1. The van der Waals surface area contributed by atoms with E-state index in [1.54, 1.807) is 0 Å². The average molecular weight is 225 g/mol. The Bertz CT molecular complexity index is 311. The highest BCUT2D eigenvalue weighted by Crippen LogP contribution is 2.11. The molecule has 3 nitrogen and oxygen atoms in total. The molecule has 0 aliphatic carbocycles. The van der Waals surface area contributed by atoms with Gasteiger partial charge in [0.05, 0.1) is 6.61 Å². The van der Waals surface area contributed by atoms with Gasteiger partial charge in [-0.3, -0.25) is 0 Å². The number of nitrogens with two attached hydrogens (primary N) is 1. The molecule has 1 aromatic carbocycles. The number of rotatable bonds is 6. The van der Waals surface area contributed by atoms with Crippen molar-refractivity contribution >= 4 is 17.2 Å². The quantitative estimate of drug-likeness (QED) is 0.591. The summed E-state index contributed by atoms with van der Waals surface area (Å²) in [4.78, 5) is 0.399. The fourth-order valence-corrected chi connectivity index (χ4v) is 1.21. The first-order valence-electron chi connectivity index (χ1n) is 4.84. The van der Waals surface area contributed by atoms with Crippen LogP contribution >= 0.6 is 12.2 Å². The Morgan fingerprint density at radius 1 is 1.27 bits per heavy atom. The third-order valence-electron chi connectivity index (χ3n) is 1.84. The molecule has 0 fully saturated rings. The van der Waals surface area contributed by atoms with Crippen LogP contribution in [-0.2, 0) is 4.74 Å². The lowest BCUT2D eigenvalue weighted by Gasteiger charge is -2.06. The van der Waals surface area contributed by atoms with E-state index < -0.39 is 0 Å².